The average molecular weight is 448 g/mol. The maximum absolute atomic E-state index is 13.3. The summed E-state index contributed by atoms with van der Waals surface area (Å²) in [5.74, 6) is 0.379. The first-order valence-electron chi connectivity index (χ1n) is 12.0. The third kappa shape index (κ3) is 4.74. The van der Waals surface area contributed by atoms with Gasteiger partial charge in [0.2, 0.25) is 0 Å². The van der Waals surface area contributed by atoms with E-state index in [1.54, 1.807) is 12.1 Å². The molecule has 1 aliphatic heterocycles. The number of carbonyl (C=O) groups excluding carboxylic acids is 1. The number of rotatable bonds is 7. The SMILES string of the molecule is O=C(Cc1cn(Cc2ccc(F)cc2)c2ccccc12)C1=C(O)C(CC2CCCCC2)OC1. The summed E-state index contributed by atoms with van der Waals surface area (Å²) < 4.78 is 21.2. The second-order valence-corrected chi connectivity index (χ2v) is 9.43. The number of Topliss-reactive ketones (excluding diaryl/α,β-unsaturated/α-hetero) is 1. The molecule has 0 spiro atoms. The molecule has 1 aromatic heterocycles. The van der Waals surface area contributed by atoms with Crippen molar-refractivity contribution in [3.8, 4) is 0 Å². The lowest BCUT2D eigenvalue weighted by Crippen LogP contribution is -2.18. The van der Waals surface area contributed by atoms with Crippen molar-refractivity contribution in [1.29, 1.82) is 0 Å². The summed E-state index contributed by atoms with van der Waals surface area (Å²) in [6.07, 6.45) is 8.84. The molecule has 1 saturated carbocycles. The Morgan fingerprint density at radius 2 is 1.82 bits per heavy atom. The topological polar surface area (TPSA) is 51.5 Å². The summed E-state index contributed by atoms with van der Waals surface area (Å²) in [4.78, 5) is 13.2. The maximum atomic E-state index is 13.3. The van der Waals surface area contributed by atoms with Crippen molar-refractivity contribution < 1.29 is 19.0 Å². The van der Waals surface area contributed by atoms with E-state index in [-0.39, 0.29) is 36.5 Å². The number of nitrogens with zero attached hydrogens (tertiary/aromatic N) is 1. The number of aliphatic hydroxyl groups is 1. The largest absolute Gasteiger partial charge is 0.509 e. The van der Waals surface area contributed by atoms with E-state index in [0.717, 1.165) is 28.5 Å². The molecule has 0 radical (unpaired) electrons. The number of aromatic nitrogens is 1. The monoisotopic (exact) mass is 447 g/mol. The van der Waals surface area contributed by atoms with E-state index in [0.29, 0.717) is 18.0 Å². The Bertz CT molecular complexity index is 1170. The number of fused-ring (bicyclic) bond motifs is 1. The van der Waals surface area contributed by atoms with Crippen LogP contribution in [0.25, 0.3) is 10.9 Å². The minimum atomic E-state index is -0.341. The zero-order chi connectivity index (χ0) is 22.8. The van der Waals surface area contributed by atoms with Crippen LogP contribution in [0.5, 0.6) is 0 Å². The zero-order valence-electron chi connectivity index (χ0n) is 18.8. The van der Waals surface area contributed by atoms with Crippen LogP contribution < -0.4 is 0 Å². The quantitative estimate of drug-likeness (QED) is 0.475. The summed E-state index contributed by atoms with van der Waals surface area (Å²) in [5.41, 5.74) is 3.37. The first-order chi connectivity index (χ1) is 16.1. The van der Waals surface area contributed by atoms with Crippen LogP contribution in [-0.4, -0.2) is 28.2 Å². The normalized spacial score (nSPS) is 19.5. The number of halogens is 1. The van der Waals surface area contributed by atoms with Crippen molar-refractivity contribution in [2.75, 3.05) is 6.61 Å². The third-order valence-electron chi connectivity index (χ3n) is 7.14. The van der Waals surface area contributed by atoms with Crippen molar-refractivity contribution in [3.63, 3.8) is 0 Å². The number of hydrogen-bond donors (Lipinski definition) is 1. The van der Waals surface area contributed by atoms with E-state index in [1.807, 2.05) is 30.5 Å². The van der Waals surface area contributed by atoms with Crippen LogP contribution in [0.15, 0.2) is 66.1 Å². The van der Waals surface area contributed by atoms with Gasteiger partial charge < -0.3 is 14.4 Å². The molecular formula is C28H30FNO3. The van der Waals surface area contributed by atoms with Gasteiger partial charge in [0.05, 0.1) is 12.2 Å². The van der Waals surface area contributed by atoms with E-state index < -0.39 is 0 Å². The molecule has 1 fully saturated rings. The van der Waals surface area contributed by atoms with Gasteiger partial charge in [0.1, 0.15) is 17.7 Å². The van der Waals surface area contributed by atoms with Gasteiger partial charge in [-0.15, -0.1) is 0 Å². The maximum Gasteiger partial charge on any atom is 0.169 e. The van der Waals surface area contributed by atoms with E-state index in [9.17, 15) is 14.3 Å². The molecule has 1 aliphatic carbocycles. The van der Waals surface area contributed by atoms with E-state index in [4.69, 9.17) is 4.74 Å². The van der Waals surface area contributed by atoms with Gasteiger partial charge in [0.25, 0.3) is 0 Å². The molecule has 2 aromatic carbocycles. The molecule has 1 N–H and O–H groups in total. The third-order valence-corrected chi connectivity index (χ3v) is 7.14. The summed E-state index contributed by atoms with van der Waals surface area (Å²) in [7, 11) is 0. The van der Waals surface area contributed by atoms with Crippen LogP contribution in [0.2, 0.25) is 0 Å². The molecular weight excluding hydrogens is 417 g/mol. The number of benzene rings is 2. The van der Waals surface area contributed by atoms with E-state index >= 15 is 0 Å². The van der Waals surface area contributed by atoms with Crippen LogP contribution in [-0.2, 0) is 22.5 Å². The molecule has 33 heavy (non-hydrogen) atoms. The van der Waals surface area contributed by atoms with Crippen molar-refractivity contribution in [2.24, 2.45) is 5.92 Å². The molecule has 0 saturated heterocycles. The molecule has 4 nitrogen and oxygen atoms in total. The standard InChI is InChI=1S/C28H30FNO3/c29-22-12-10-20(11-13-22)16-30-17-21(23-8-4-5-9-25(23)30)15-26(31)24-18-33-27(28(24)32)14-19-6-2-1-3-7-19/h4-5,8-13,17,19,27,32H,1-3,6-7,14-16,18H2. The molecule has 0 amide bonds. The smallest absolute Gasteiger partial charge is 0.169 e. The highest BCUT2D eigenvalue weighted by molar-refractivity contribution is 6.00. The van der Waals surface area contributed by atoms with Gasteiger partial charge in [-0.25, -0.2) is 4.39 Å². The Hall–Kier alpha value is -2.92. The van der Waals surface area contributed by atoms with Crippen molar-refractivity contribution in [1.82, 2.24) is 4.57 Å². The van der Waals surface area contributed by atoms with Gasteiger partial charge in [-0.2, -0.15) is 0 Å². The van der Waals surface area contributed by atoms with Gasteiger partial charge in [0.15, 0.2) is 5.78 Å². The fourth-order valence-corrected chi connectivity index (χ4v) is 5.32. The molecule has 5 rings (SSSR count). The molecule has 5 heteroatoms. The Kier molecular flexibility index (Phi) is 6.32. The Balaban J connectivity index is 1.34. The highest BCUT2D eigenvalue weighted by Crippen LogP contribution is 2.33. The Labute approximate surface area is 193 Å². The lowest BCUT2D eigenvalue weighted by Gasteiger charge is -2.24. The fourth-order valence-electron chi connectivity index (χ4n) is 5.32. The lowest BCUT2D eigenvalue weighted by molar-refractivity contribution is -0.115. The predicted octanol–water partition coefficient (Wildman–Crippen LogP) is 6.12. The van der Waals surface area contributed by atoms with Crippen molar-refractivity contribution in [3.05, 3.63) is 83.0 Å². The first kappa shape index (κ1) is 21.9. The van der Waals surface area contributed by atoms with Gasteiger partial charge in [-0.3, -0.25) is 4.79 Å². The minimum Gasteiger partial charge on any atom is -0.509 e. The number of para-hydroxylation sites is 1. The van der Waals surface area contributed by atoms with Crippen LogP contribution in [0.3, 0.4) is 0 Å². The number of hydrogen-bond acceptors (Lipinski definition) is 3. The molecule has 0 bridgehead atoms. The van der Waals surface area contributed by atoms with Gasteiger partial charge >= 0.3 is 0 Å². The van der Waals surface area contributed by atoms with Crippen LogP contribution in [0.1, 0.15) is 49.7 Å². The number of carbonyl (C=O) groups is 1. The highest BCUT2D eigenvalue weighted by Gasteiger charge is 2.32. The van der Waals surface area contributed by atoms with Crippen LogP contribution in [0, 0.1) is 11.7 Å². The summed E-state index contributed by atoms with van der Waals surface area (Å²) in [5, 5.41) is 11.8. The van der Waals surface area contributed by atoms with Gasteiger partial charge in [-0.1, -0.05) is 62.4 Å². The average Bonchev–Trinajstić information content (AvgIpc) is 3.36. The lowest BCUT2D eigenvalue weighted by atomic mass is 9.85. The summed E-state index contributed by atoms with van der Waals surface area (Å²) >= 11 is 0. The van der Waals surface area contributed by atoms with E-state index in [2.05, 4.69) is 4.57 Å². The summed E-state index contributed by atoms with van der Waals surface area (Å²) in [6.45, 7) is 0.784. The number of aliphatic hydroxyl groups excluding tert-OH is 1. The number of ether oxygens (including phenoxy) is 1. The van der Waals surface area contributed by atoms with Crippen molar-refractivity contribution in [2.45, 2.75) is 57.6 Å². The van der Waals surface area contributed by atoms with Gasteiger partial charge in [-0.05, 0) is 41.7 Å². The first-order valence-corrected chi connectivity index (χ1v) is 12.0. The fraction of sp³-hybridized carbons (Fsp3) is 0.393. The van der Waals surface area contributed by atoms with Crippen LogP contribution >= 0.6 is 0 Å². The second-order valence-electron chi connectivity index (χ2n) is 9.43. The molecule has 1 atom stereocenters. The molecule has 3 aromatic rings. The molecule has 2 heterocycles. The zero-order valence-corrected chi connectivity index (χ0v) is 18.8. The molecule has 1 unspecified atom stereocenters. The minimum absolute atomic E-state index is 0.0803. The van der Waals surface area contributed by atoms with E-state index in [1.165, 1.54) is 44.2 Å². The van der Waals surface area contributed by atoms with Crippen LogP contribution in [0.4, 0.5) is 4.39 Å². The molecule has 2 aliphatic rings. The predicted molar refractivity (Wildman–Crippen MR) is 127 cm³/mol. The number of ketones is 1. The summed E-state index contributed by atoms with van der Waals surface area (Å²) in [6, 6.07) is 14.5. The molecule has 172 valence electrons. The van der Waals surface area contributed by atoms with Crippen molar-refractivity contribution >= 4 is 16.7 Å². The Morgan fingerprint density at radius 3 is 2.61 bits per heavy atom. The second kappa shape index (κ2) is 9.52. The highest BCUT2D eigenvalue weighted by atomic mass is 19.1. The van der Waals surface area contributed by atoms with Gasteiger partial charge in [0, 0.05) is 30.1 Å². The Morgan fingerprint density at radius 1 is 1.06 bits per heavy atom.